The molecule has 45 heavy (non-hydrogen) atoms. The van der Waals surface area contributed by atoms with Crippen molar-refractivity contribution < 1.29 is 37.0 Å². The predicted molar refractivity (Wildman–Crippen MR) is 173 cm³/mol. The largest absolute Gasteiger partial charge is 0.497 e. The average molecular weight is 642 g/mol. The first kappa shape index (κ1) is 35.0. The summed E-state index contributed by atoms with van der Waals surface area (Å²) >= 11 is 0. The minimum atomic E-state index is -4.41. The molecule has 0 saturated carbocycles. The summed E-state index contributed by atoms with van der Waals surface area (Å²) in [5.41, 5.74) is 1.06. The normalized spacial score (nSPS) is 11.7. The number of nitrogens with zero attached hydrogens (tertiary/aromatic N) is 2. The highest BCUT2D eigenvalue weighted by Gasteiger charge is 2.34. The Morgan fingerprint density at radius 3 is 2.13 bits per heavy atom. The van der Waals surface area contributed by atoms with Crippen LogP contribution in [0, 0.1) is 0 Å². The summed E-state index contributed by atoms with van der Waals surface area (Å²) in [4.78, 5) is 28.6. The molecule has 244 valence electrons. The molecule has 1 N–H and O–H groups in total. The highest BCUT2D eigenvalue weighted by Crippen LogP contribution is 2.37. The second-order valence-electron chi connectivity index (χ2n) is 10.2. The highest BCUT2D eigenvalue weighted by molar-refractivity contribution is 7.92. The van der Waals surface area contributed by atoms with E-state index in [4.69, 9.17) is 18.9 Å². The third-order valence-corrected chi connectivity index (χ3v) is 9.11. The number of rotatable bonds is 17. The van der Waals surface area contributed by atoms with Gasteiger partial charge in [-0.3, -0.25) is 13.9 Å². The van der Waals surface area contributed by atoms with Crippen molar-refractivity contribution in [3.63, 3.8) is 0 Å². The average Bonchev–Trinajstić information content (AvgIpc) is 3.06. The maximum absolute atomic E-state index is 14.4. The molecule has 1 atom stereocenters. The van der Waals surface area contributed by atoms with Crippen LogP contribution in [0.25, 0.3) is 0 Å². The minimum Gasteiger partial charge on any atom is -0.497 e. The molecule has 12 heteroatoms. The maximum atomic E-state index is 14.4. The first-order valence-electron chi connectivity index (χ1n) is 14.7. The van der Waals surface area contributed by atoms with Crippen LogP contribution in [0.4, 0.5) is 5.69 Å². The topological polar surface area (TPSA) is 124 Å². The van der Waals surface area contributed by atoms with E-state index in [2.05, 4.69) is 5.32 Å². The molecule has 0 aliphatic heterocycles. The number of unbranched alkanes of at least 4 members (excludes halogenated alkanes) is 1. The van der Waals surface area contributed by atoms with Gasteiger partial charge in [-0.2, -0.15) is 0 Å². The SMILES string of the molecule is CCCCNC(=O)C(C)N(CCc1ccccc1)C(=O)CN(c1cc(OC)ccc1OC)S(=O)(=O)c1ccc(OC)c(OC)c1. The van der Waals surface area contributed by atoms with Gasteiger partial charge in [0.05, 0.1) is 39.0 Å². The van der Waals surface area contributed by atoms with Crippen molar-refractivity contribution >= 4 is 27.5 Å². The van der Waals surface area contributed by atoms with Gasteiger partial charge in [-0.15, -0.1) is 0 Å². The summed E-state index contributed by atoms with van der Waals surface area (Å²) in [7, 11) is 1.29. The molecule has 3 aromatic carbocycles. The Morgan fingerprint density at radius 1 is 0.844 bits per heavy atom. The van der Waals surface area contributed by atoms with Gasteiger partial charge in [0.15, 0.2) is 11.5 Å². The Bertz CT molecular complexity index is 1530. The Labute approximate surface area is 266 Å². The summed E-state index contributed by atoms with van der Waals surface area (Å²) in [6.45, 7) is 3.70. The third kappa shape index (κ3) is 8.81. The minimum absolute atomic E-state index is 0.0862. The number of hydrogen-bond acceptors (Lipinski definition) is 8. The van der Waals surface area contributed by atoms with Crippen molar-refractivity contribution in [1.82, 2.24) is 10.2 Å². The van der Waals surface area contributed by atoms with E-state index in [0.717, 1.165) is 22.7 Å². The molecule has 0 fully saturated rings. The molecule has 3 aromatic rings. The zero-order chi connectivity index (χ0) is 33.0. The van der Waals surface area contributed by atoms with Crippen molar-refractivity contribution in [2.75, 3.05) is 52.4 Å². The molecule has 11 nitrogen and oxygen atoms in total. The lowest BCUT2D eigenvalue weighted by molar-refractivity contribution is -0.138. The lowest BCUT2D eigenvalue weighted by Crippen LogP contribution is -2.52. The monoisotopic (exact) mass is 641 g/mol. The molecular formula is C33H43N3O8S. The number of sulfonamides is 1. The number of hydrogen-bond donors (Lipinski definition) is 1. The van der Waals surface area contributed by atoms with Crippen LogP contribution >= 0.6 is 0 Å². The number of ether oxygens (including phenoxy) is 4. The lowest BCUT2D eigenvalue weighted by atomic mass is 10.1. The zero-order valence-electron chi connectivity index (χ0n) is 26.7. The van der Waals surface area contributed by atoms with Gasteiger partial charge in [0.1, 0.15) is 24.1 Å². The van der Waals surface area contributed by atoms with Crippen LogP contribution in [-0.2, 0) is 26.0 Å². The molecule has 0 aliphatic carbocycles. The number of anilines is 1. The van der Waals surface area contributed by atoms with Crippen LogP contribution in [0.2, 0.25) is 0 Å². The maximum Gasteiger partial charge on any atom is 0.265 e. The quantitative estimate of drug-likeness (QED) is 0.217. The van der Waals surface area contributed by atoms with E-state index in [1.807, 2.05) is 37.3 Å². The van der Waals surface area contributed by atoms with Crippen molar-refractivity contribution in [2.24, 2.45) is 0 Å². The molecule has 0 aliphatic rings. The fourth-order valence-electron chi connectivity index (χ4n) is 4.72. The molecule has 0 radical (unpaired) electrons. The van der Waals surface area contributed by atoms with E-state index in [1.54, 1.807) is 19.1 Å². The van der Waals surface area contributed by atoms with Crippen molar-refractivity contribution in [3.05, 3.63) is 72.3 Å². The molecule has 0 spiro atoms. The standard InChI is InChI=1S/C33H43N3O8S/c1-7-8-19-34-33(38)24(2)35(20-18-25-12-10-9-11-13-25)32(37)23-36(28-21-26(41-3)14-16-29(28)42-4)45(39,40)27-15-17-30(43-5)31(22-27)44-6/h9-17,21-22,24H,7-8,18-20,23H2,1-6H3,(H,34,38). The second kappa shape index (κ2) is 16.6. The molecule has 0 aromatic heterocycles. The van der Waals surface area contributed by atoms with Gasteiger partial charge in [-0.25, -0.2) is 8.42 Å². The van der Waals surface area contributed by atoms with E-state index in [0.29, 0.717) is 24.5 Å². The van der Waals surface area contributed by atoms with E-state index in [9.17, 15) is 18.0 Å². The predicted octanol–water partition coefficient (Wildman–Crippen LogP) is 4.29. The molecule has 0 saturated heterocycles. The molecule has 3 rings (SSSR count). The number of carbonyl (C=O) groups is 2. The van der Waals surface area contributed by atoms with Crippen molar-refractivity contribution in [3.8, 4) is 23.0 Å². The van der Waals surface area contributed by atoms with E-state index >= 15 is 0 Å². The number of benzene rings is 3. The van der Waals surface area contributed by atoms with Crippen LogP contribution in [0.3, 0.4) is 0 Å². The second-order valence-corrected chi connectivity index (χ2v) is 12.1. The Morgan fingerprint density at radius 2 is 1.51 bits per heavy atom. The van der Waals surface area contributed by atoms with Crippen LogP contribution in [0.15, 0.2) is 71.6 Å². The fraction of sp³-hybridized carbons (Fsp3) is 0.394. The summed E-state index contributed by atoms with van der Waals surface area (Å²) in [6, 6.07) is 17.5. The highest BCUT2D eigenvalue weighted by atomic mass is 32.2. The number of carbonyl (C=O) groups excluding carboxylic acids is 2. The van der Waals surface area contributed by atoms with E-state index in [1.165, 1.54) is 57.6 Å². The third-order valence-electron chi connectivity index (χ3n) is 7.36. The van der Waals surface area contributed by atoms with E-state index < -0.39 is 28.5 Å². The summed E-state index contributed by atoms with van der Waals surface area (Å²) in [6.07, 6.45) is 2.16. The molecule has 1 unspecified atom stereocenters. The Balaban J connectivity index is 2.10. The first-order chi connectivity index (χ1) is 21.6. The molecule has 2 amide bonds. The van der Waals surface area contributed by atoms with Crippen LogP contribution in [0.1, 0.15) is 32.3 Å². The van der Waals surface area contributed by atoms with Gasteiger partial charge in [-0.1, -0.05) is 43.7 Å². The van der Waals surface area contributed by atoms with Gasteiger partial charge >= 0.3 is 0 Å². The van der Waals surface area contributed by atoms with Crippen LogP contribution < -0.4 is 28.6 Å². The van der Waals surface area contributed by atoms with E-state index in [-0.39, 0.29) is 34.5 Å². The zero-order valence-corrected chi connectivity index (χ0v) is 27.6. The molecular weight excluding hydrogens is 598 g/mol. The first-order valence-corrected chi connectivity index (χ1v) is 16.1. The number of amides is 2. The lowest BCUT2D eigenvalue weighted by Gasteiger charge is -2.32. The summed E-state index contributed by atoms with van der Waals surface area (Å²) < 4.78 is 51.3. The van der Waals surface area contributed by atoms with Gasteiger partial charge in [-0.05, 0) is 49.6 Å². The number of methoxy groups -OCH3 is 4. The van der Waals surface area contributed by atoms with Gasteiger partial charge in [0, 0.05) is 25.2 Å². The number of nitrogens with one attached hydrogen (secondary N) is 1. The van der Waals surface area contributed by atoms with Gasteiger partial charge in [0.2, 0.25) is 11.8 Å². The van der Waals surface area contributed by atoms with Crippen molar-refractivity contribution in [1.29, 1.82) is 0 Å². The Kier molecular flexibility index (Phi) is 12.9. The van der Waals surface area contributed by atoms with Gasteiger partial charge in [0.25, 0.3) is 10.0 Å². The summed E-state index contributed by atoms with van der Waals surface area (Å²) in [5.74, 6) is 0.206. The van der Waals surface area contributed by atoms with Crippen LogP contribution in [0.5, 0.6) is 23.0 Å². The molecule has 0 bridgehead atoms. The van der Waals surface area contributed by atoms with Gasteiger partial charge < -0.3 is 29.2 Å². The summed E-state index contributed by atoms with van der Waals surface area (Å²) in [5, 5.41) is 2.89. The fourth-order valence-corrected chi connectivity index (χ4v) is 6.15. The molecule has 0 heterocycles. The Hall–Kier alpha value is -4.45. The van der Waals surface area contributed by atoms with Crippen LogP contribution in [-0.4, -0.2) is 79.2 Å². The smallest absolute Gasteiger partial charge is 0.265 e. The van der Waals surface area contributed by atoms with Crippen molar-refractivity contribution in [2.45, 2.75) is 44.0 Å².